The third-order valence-corrected chi connectivity index (χ3v) is 0.997. The topological polar surface area (TPSA) is 75.1 Å². The summed E-state index contributed by atoms with van der Waals surface area (Å²) in [5.41, 5.74) is 8.70. The van der Waals surface area contributed by atoms with E-state index < -0.39 is 5.97 Å². The first-order valence-corrected chi connectivity index (χ1v) is 2.94. The Hall–Kier alpha value is -1.48. The van der Waals surface area contributed by atoms with E-state index in [4.69, 9.17) is 5.53 Å². The van der Waals surface area contributed by atoms with Crippen LogP contribution in [0.2, 0.25) is 0 Å². The van der Waals surface area contributed by atoms with Crippen LogP contribution in [0.3, 0.4) is 0 Å². The van der Waals surface area contributed by atoms with Crippen molar-refractivity contribution in [3.8, 4) is 0 Å². The predicted octanol–water partition coefficient (Wildman–Crippen LogP) is 1.76. The third-order valence-electron chi connectivity index (χ3n) is 0.997. The molecule has 0 amide bonds. The Balaban J connectivity index is 4.77. The summed E-state index contributed by atoms with van der Waals surface area (Å²) in [4.78, 5) is 13.3. The molecule has 0 fully saturated rings. The summed E-state index contributed by atoms with van der Waals surface area (Å²) >= 11 is 0. The molecule has 0 bridgehead atoms. The van der Waals surface area contributed by atoms with Crippen LogP contribution in [-0.4, -0.2) is 13.1 Å². The maximum absolute atomic E-state index is 10.8. The lowest BCUT2D eigenvalue weighted by Gasteiger charge is -1.98. The molecule has 0 N–H and O–H groups in total. The molecule has 0 aromatic heterocycles. The Kier molecular flexibility index (Phi) is 3.77. The van der Waals surface area contributed by atoms with Gasteiger partial charge in [-0.3, -0.25) is 0 Å². The van der Waals surface area contributed by atoms with Crippen LogP contribution in [-0.2, 0) is 9.53 Å². The maximum Gasteiger partial charge on any atom is 0.340 e. The summed E-state index contributed by atoms with van der Waals surface area (Å²) in [6.45, 7) is 3.34. The van der Waals surface area contributed by atoms with Crippen LogP contribution in [0.25, 0.3) is 10.4 Å². The molecular weight excluding hydrogens is 146 g/mol. The van der Waals surface area contributed by atoms with Crippen LogP contribution in [0.1, 0.15) is 13.8 Å². The van der Waals surface area contributed by atoms with Gasteiger partial charge in [-0.1, -0.05) is 10.7 Å². The molecule has 0 unspecified atom stereocenters. The van der Waals surface area contributed by atoms with Crippen LogP contribution in [0, 0.1) is 0 Å². The maximum atomic E-state index is 10.8. The first-order chi connectivity index (χ1) is 5.13. The lowest BCUT2D eigenvalue weighted by Crippen LogP contribution is -2.03. The van der Waals surface area contributed by atoms with Gasteiger partial charge in [0.2, 0.25) is 0 Å². The number of hydrogen-bond acceptors (Lipinski definition) is 3. The number of methoxy groups -OCH3 is 1. The molecule has 0 aliphatic heterocycles. The summed E-state index contributed by atoms with van der Waals surface area (Å²) < 4.78 is 4.36. The molecule has 60 valence electrons. The zero-order chi connectivity index (χ0) is 8.85. The zero-order valence-corrected chi connectivity index (χ0v) is 6.66. The molecule has 0 heterocycles. The first-order valence-electron chi connectivity index (χ1n) is 2.94. The van der Waals surface area contributed by atoms with Crippen LogP contribution in [0.5, 0.6) is 0 Å². The fourth-order valence-electron chi connectivity index (χ4n) is 0.486. The summed E-state index contributed by atoms with van der Waals surface area (Å²) in [6, 6.07) is 0. The largest absolute Gasteiger partial charge is 0.466 e. The molecule has 0 aliphatic rings. The Morgan fingerprint density at radius 1 is 1.55 bits per heavy atom. The minimum absolute atomic E-state index is 0.0231. The lowest BCUT2D eigenvalue weighted by atomic mass is 10.3. The Morgan fingerprint density at radius 2 is 2.09 bits per heavy atom. The number of carbonyl (C=O) groups is 1. The average molecular weight is 155 g/mol. The molecule has 5 nitrogen and oxygen atoms in total. The van der Waals surface area contributed by atoms with E-state index >= 15 is 0 Å². The van der Waals surface area contributed by atoms with Crippen molar-refractivity contribution in [3.63, 3.8) is 0 Å². The van der Waals surface area contributed by atoms with E-state index in [1.54, 1.807) is 13.8 Å². The molecule has 0 aliphatic carbocycles. The van der Waals surface area contributed by atoms with Crippen molar-refractivity contribution >= 4 is 5.97 Å². The van der Waals surface area contributed by atoms with Crippen molar-refractivity contribution in [2.45, 2.75) is 13.8 Å². The second-order valence-corrected chi connectivity index (χ2v) is 2.03. The predicted molar refractivity (Wildman–Crippen MR) is 39.5 cm³/mol. The van der Waals surface area contributed by atoms with E-state index in [1.807, 2.05) is 0 Å². The van der Waals surface area contributed by atoms with E-state index in [9.17, 15) is 4.79 Å². The molecule has 0 spiro atoms. The monoisotopic (exact) mass is 155 g/mol. The Bertz CT molecular complexity index is 234. The van der Waals surface area contributed by atoms with Gasteiger partial charge in [-0.05, 0) is 19.4 Å². The standard InChI is InChI=1S/C6H9N3O2/c1-4(2)5(8-9-7)6(10)11-3/h1-3H3. The molecule has 0 radical (unpaired) electrons. The smallest absolute Gasteiger partial charge is 0.340 e. The molecule has 0 atom stereocenters. The zero-order valence-electron chi connectivity index (χ0n) is 6.66. The van der Waals surface area contributed by atoms with E-state index in [0.717, 1.165) is 0 Å². The van der Waals surface area contributed by atoms with Gasteiger partial charge in [0.25, 0.3) is 0 Å². The Morgan fingerprint density at radius 3 is 2.36 bits per heavy atom. The highest BCUT2D eigenvalue weighted by Crippen LogP contribution is 2.06. The van der Waals surface area contributed by atoms with Crippen molar-refractivity contribution in [3.05, 3.63) is 21.7 Å². The highest BCUT2D eigenvalue weighted by molar-refractivity contribution is 5.88. The fourth-order valence-corrected chi connectivity index (χ4v) is 0.486. The molecule has 0 saturated carbocycles. The van der Waals surface area contributed by atoms with Crippen molar-refractivity contribution < 1.29 is 9.53 Å². The molecule has 5 heteroatoms. The van der Waals surface area contributed by atoms with Crippen LogP contribution in [0.4, 0.5) is 0 Å². The van der Waals surface area contributed by atoms with Crippen molar-refractivity contribution in [2.75, 3.05) is 7.11 Å². The third kappa shape index (κ3) is 2.73. The van der Waals surface area contributed by atoms with Gasteiger partial charge < -0.3 is 4.74 Å². The second kappa shape index (κ2) is 4.35. The SMILES string of the molecule is COC(=O)C(N=[N+]=[N-])=C(C)C. The molecule has 0 aromatic carbocycles. The summed E-state index contributed by atoms with van der Waals surface area (Å²) in [5.74, 6) is -0.609. The molecule has 0 rings (SSSR count). The summed E-state index contributed by atoms with van der Waals surface area (Å²) in [5, 5.41) is 3.18. The number of carbonyl (C=O) groups excluding carboxylic acids is 1. The number of rotatable bonds is 2. The number of esters is 1. The lowest BCUT2D eigenvalue weighted by molar-refractivity contribution is -0.136. The number of hydrogen-bond donors (Lipinski definition) is 0. The van der Waals surface area contributed by atoms with Crippen molar-refractivity contribution in [2.24, 2.45) is 5.11 Å². The summed E-state index contributed by atoms with van der Waals surface area (Å²) in [7, 11) is 1.23. The number of allylic oxidation sites excluding steroid dienone is 1. The van der Waals surface area contributed by atoms with E-state index in [-0.39, 0.29) is 5.70 Å². The number of nitrogens with zero attached hydrogens (tertiary/aromatic N) is 3. The minimum atomic E-state index is -0.609. The minimum Gasteiger partial charge on any atom is -0.466 e. The van der Waals surface area contributed by atoms with Gasteiger partial charge in [-0.15, -0.1) is 0 Å². The highest BCUT2D eigenvalue weighted by Gasteiger charge is 2.07. The Labute approximate surface area is 64.3 Å². The fraction of sp³-hybridized carbons (Fsp3) is 0.500. The summed E-state index contributed by atoms with van der Waals surface area (Å²) in [6.07, 6.45) is 0. The van der Waals surface area contributed by atoms with E-state index in [0.29, 0.717) is 5.57 Å². The first kappa shape index (κ1) is 9.52. The van der Waals surface area contributed by atoms with Gasteiger partial charge >= 0.3 is 5.97 Å². The molecular formula is C6H9N3O2. The molecule has 11 heavy (non-hydrogen) atoms. The number of ether oxygens (including phenoxy) is 1. The number of azide groups is 1. The van der Waals surface area contributed by atoms with Gasteiger partial charge in [0.05, 0.1) is 7.11 Å². The highest BCUT2D eigenvalue weighted by atomic mass is 16.5. The van der Waals surface area contributed by atoms with Crippen LogP contribution >= 0.6 is 0 Å². The average Bonchev–Trinajstić information content (AvgIpc) is 1.98. The van der Waals surface area contributed by atoms with E-state index in [1.165, 1.54) is 7.11 Å². The van der Waals surface area contributed by atoms with Gasteiger partial charge in [0.1, 0.15) is 5.70 Å². The van der Waals surface area contributed by atoms with Gasteiger partial charge in [-0.25, -0.2) is 4.79 Å². The van der Waals surface area contributed by atoms with Crippen molar-refractivity contribution in [1.29, 1.82) is 0 Å². The van der Waals surface area contributed by atoms with Gasteiger partial charge in [-0.2, -0.15) is 0 Å². The van der Waals surface area contributed by atoms with Crippen LogP contribution in [0.15, 0.2) is 16.4 Å². The van der Waals surface area contributed by atoms with Gasteiger partial charge in [0.15, 0.2) is 0 Å². The molecule has 0 aromatic rings. The van der Waals surface area contributed by atoms with Crippen molar-refractivity contribution in [1.82, 2.24) is 0 Å². The quantitative estimate of drug-likeness (QED) is 0.200. The normalized spacial score (nSPS) is 7.91. The molecule has 0 saturated heterocycles. The van der Waals surface area contributed by atoms with Crippen LogP contribution < -0.4 is 0 Å². The second-order valence-electron chi connectivity index (χ2n) is 2.03. The van der Waals surface area contributed by atoms with E-state index in [2.05, 4.69) is 14.8 Å². The van der Waals surface area contributed by atoms with Gasteiger partial charge in [0, 0.05) is 4.91 Å².